The van der Waals surface area contributed by atoms with Crippen LogP contribution in [-0.2, 0) is 0 Å². The van der Waals surface area contributed by atoms with Crippen LogP contribution in [0.1, 0.15) is 44.8 Å². The molecule has 1 rings (SSSR count). The van der Waals surface area contributed by atoms with E-state index in [0.717, 1.165) is 12.1 Å². The first-order valence-corrected chi connectivity index (χ1v) is 4.80. The van der Waals surface area contributed by atoms with Gasteiger partial charge in [0.25, 0.3) is 0 Å². The smallest absolute Gasteiger partial charge is 0.112 e. The first-order chi connectivity index (χ1) is 6.20. The van der Waals surface area contributed by atoms with E-state index in [2.05, 4.69) is 18.9 Å². The van der Waals surface area contributed by atoms with Gasteiger partial charge in [-0.2, -0.15) is 5.10 Å². The monoisotopic (exact) mass is 184 g/mol. The van der Waals surface area contributed by atoms with Crippen molar-refractivity contribution < 1.29 is 4.39 Å². The number of nitrogens with zero attached hydrogens (tertiary/aromatic N) is 2. The Hall–Kier alpha value is -0.860. The van der Waals surface area contributed by atoms with E-state index in [1.54, 1.807) is 6.20 Å². The van der Waals surface area contributed by atoms with Crippen LogP contribution in [0.3, 0.4) is 0 Å². The number of alkyl halides is 1. The summed E-state index contributed by atoms with van der Waals surface area (Å²) in [5.74, 6) is 0.406. The predicted octanol–water partition coefficient (Wildman–Crippen LogP) is 2.93. The van der Waals surface area contributed by atoms with Gasteiger partial charge >= 0.3 is 0 Å². The van der Waals surface area contributed by atoms with E-state index in [4.69, 9.17) is 0 Å². The molecule has 0 aromatic carbocycles. The van der Waals surface area contributed by atoms with Gasteiger partial charge in [-0.05, 0) is 18.4 Å². The zero-order valence-electron chi connectivity index (χ0n) is 8.50. The molecule has 0 spiro atoms. The molecule has 0 aliphatic heterocycles. The molecule has 0 fully saturated rings. The highest BCUT2D eigenvalue weighted by atomic mass is 19.1. The molecule has 0 aliphatic carbocycles. The van der Waals surface area contributed by atoms with Crippen LogP contribution in [0.4, 0.5) is 4.39 Å². The van der Waals surface area contributed by atoms with Crippen molar-refractivity contribution in [2.75, 3.05) is 6.67 Å². The molecule has 0 bridgehead atoms. The maximum Gasteiger partial charge on any atom is 0.112 e. The molecule has 0 aliphatic rings. The molecular weight excluding hydrogens is 167 g/mol. The summed E-state index contributed by atoms with van der Waals surface area (Å²) in [5, 5.41) is 4.16. The summed E-state index contributed by atoms with van der Waals surface area (Å²) in [5.41, 5.74) is 1.12. The number of aromatic nitrogens is 2. The van der Waals surface area contributed by atoms with Crippen molar-refractivity contribution in [3.8, 4) is 0 Å². The van der Waals surface area contributed by atoms with Crippen molar-refractivity contribution in [2.24, 2.45) is 0 Å². The topological polar surface area (TPSA) is 17.8 Å². The van der Waals surface area contributed by atoms with Gasteiger partial charge in [-0.15, -0.1) is 0 Å². The Bertz CT molecular complexity index is 251. The number of hydrogen-bond acceptors (Lipinski definition) is 1. The summed E-state index contributed by atoms with van der Waals surface area (Å²) in [6.07, 6.45) is 2.53. The predicted molar refractivity (Wildman–Crippen MR) is 51.6 cm³/mol. The fraction of sp³-hybridized carbons (Fsp3) is 0.700. The average molecular weight is 184 g/mol. The molecule has 2 nitrogen and oxygen atoms in total. The van der Waals surface area contributed by atoms with E-state index in [1.807, 2.05) is 17.7 Å². The average Bonchev–Trinajstić information content (AvgIpc) is 2.55. The molecule has 1 atom stereocenters. The van der Waals surface area contributed by atoms with Crippen molar-refractivity contribution in [3.63, 3.8) is 0 Å². The molecule has 1 aromatic heterocycles. The molecule has 0 amide bonds. The Kier molecular flexibility index (Phi) is 3.46. The number of hydrogen-bond donors (Lipinski definition) is 0. The maximum absolute atomic E-state index is 12.6. The minimum Gasteiger partial charge on any atom is -0.264 e. The van der Waals surface area contributed by atoms with Crippen LogP contribution in [0.5, 0.6) is 0 Å². The van der Waals surface area contributed by atoms with E-state index in [9.17, 15) is 4.39 Å². The lowest BCUT2D eigenvalue weighted by Crippen LogP contribution is -2.15. The van der Waals surface area contributed by atoms with Crippen molar-refractivity contribution in [1.82, 2.24) is 9.78 Å². The van der Waals surface area contributed by atoms with Gasteiger partial charge in [0.15, 0.2) is 0 Å². The first-order valence-electron chi connectivity index (χ1n) is 4.80. The fourth-order valence-corrected chi connectivity index (χ4v) is 1.43. The fourth-order valence-electron chi connectivity index (χ4n) is 1.43. The molecule has 1 heterocycles. The quantitative estimate of drug-likeness (QED) is 0.703. The van der Waals surface area contributed by atoms with E-state index in [-0.39, 0.29) is 12.7 Å². The third-order valence-corrected chi connectivity index (χ3v) is 2.29. The summed E-state index contributed by atoms with van der Waals surface area (Å²) in [6.45, 7) is 5.84. The van der Waals surface area contributed by atoms with Crippen LogP contribution < -0.4 is 0 Å². The van der Waals surface area contributed by atoms with Gasteiger partial charge < -0.3 is 0 Å². The third-order valence-electron chi connectivity index (χ3n) is 2.29. The normalized spacial score (nSPS) is 13.6. The van der Waals surface area contributed by atoms with Gasteiger partial charge in [0.05, 0.1) is 6.04 Å². The van der Waals surface area contributed by atoms with E-state index >= 15 is 0 Å². The van der Waals surface area contributed by atoms with Crippen molar-refractivity contribution >= 4 is 0 Å². The van der Waals surface area contributed by atoms with E-state index < -0.39 is 0 Å². The van der Waals surface area contributed by atoms with Gasteiger partial charge in [0.1, 0.15) is 6.67 Å². The van der Waals surface area contributed by atoms with Crippen LogP contribution in [0.25, 0.3) is 0 Å². The Balaban J connectivity index is 2.91. The van der Waals surface area contributed by atoms with Gasteiger partial charge in [0, 0.05) is 11.9 Å². The Morgan fingerprint density at radius 3 is 2.69 bits per heavy atom. The molecule has 1 unspecified atom stereocenters. The van der Waals surface area contributed by atoms with Crippen LogP contribution in [-0.4, -0.2) is 16.5 Å². The SMILES string of the molecule is CCC(CF)n1nccc1C(C)C. The minimum atomic E-state index is -0.335. The molecule has 74 valence electrons. The molecule has 0 radical (unpaired) electrons. The van der Waals surface area contributed by atoms with Crippen molar-refractivity contribution in [3.05, 3.63) is 18.0 Å². The highest BCUT2D eigenvalue weighted by molar-refractivity contribution is 5.06. The second-order valence-electron chi connectivity index (χ2n) is 3.57. The molecule has 1 aromatic rings. The Morgan fingerprint density at radius 2 is 2.23 bits per heavy atom. The van der Waals surface area contributed by atoms with Gasteiger partial charge in [-0.1, -0.05) is 20.8 Å². The largest absolute Gasteiger partial charge is 0.264 e. The second-order valence-corrected chi connectivity index (χ2v) is 3.57. The lowest BCUT2D eigenvalue weighted by Gasteiger charge is -2.16. The summed E-state index contributed by atoms with van der Waals surface area (Å²) < 4.78 is 14.4. The first kappa shape index (κ1) is 10.2. The summed E-state index contributed by atoms with van der Waals surface area (Å²) in [6, 6.07) is 1.87. The highest BCUT2D eigenvalue weighted by Crippen LogP contribution is 2.20. The molecule has 0 saturated carbocycles. The molecule has 3 heteroatoms. The lowest BCUT2D eigenvalue weighted by atomic mass is 10.1. The zero-order valence-corrected chi connectivity index (χ0v) is 8.50. The van der Waals surface area contributed by atoms with Crippen LogP contribution in [0, 0.1) is 0 Å². The van der Waals surface area contributed by atoms with E-state index in [0.29, 0.717) is 5.92 Å². The minimum absolute atomic E-state index is 0.0904. The maximum atomic E-state index is 12.6. The Morgan fingerprint density at radius 1 is 1.54 bits per heavy atom. The zero-order chi connectivity index (χ0) is 9.84. The van der Waals surface area contributed by atoms with Crippen molar-refractivity contribution in [2.45, 2.75) is 39.2 Å². The molecule has 0 N–H and O–H groups in total. The lowest BCUT2D eigenvalue weighted by molar-refractivity contribution is 0.318. The molecule has 0 saturated heterocycles. The second kappa shape index (κ2) is 4.40. The summed E-state index contributed by atoms with van der Waals surface area (Å²) in [7, 11) is 0. The summed E-state index contributed by atoms with van der Waals surface area (Å²) in [4.78, 5) is 0. The number of rotatable bonds is 4. The van der Waals surface area contributed by atoms with Gasteiger partial charge in [0.2, 0.25) is 0 Å². The van der Waals surface area contributed by atoms with Crippen LogP contribution in [0.15, 0.2) is 12.3 Å². The van der Waals surface area contributed by atoms with Crippen LogP contribution in [0.2, 0.25) is 0 Å². The third kappa shape index (κ3) is 2.08. The Labute approximate surface area is 78.8 Å². The highest BCUT2D eigenvalue weighted by Gasteiger charge is 2.14. The molecule has 13 heavy (non-hydrogen) atoms. The molecular formula is C10H17FN2. The van der Waals surface area contributed by atoms with Gasteiger partial charge in [-0.25, -0.2) is 4.39 Å². The standard InChI is InChI=1S/C10H17FN2/c1-4-9(7-11)13-10(8(2)3)5-6-12-13/h5-6,8-9H,4,7H2,1-3H3. The van der Waals surface area contributed by atoms with Crippen LogP contribution >= 0.6 is 0 Å². The van der Waals surface area contributed by atoms with Gasteiger partial charge in [-0.3, -0.25) is 4.68 Å². The number of halogens is 1. The van der Waals surface area contributed by atoms with Crippen molar-refractivity contribution in [1.29, 1.82) is 0 Å². The summed E-state index contributed by atoms with van der Waals surface area (Å²) >= 11 is 0. The van der Waals surface area contributed by atoms with E-state index in [1.165, 1.54) is 0 Å².